The number of para-hydroxylation sites is 2. The lowest BCUT2D eigenvalue weighted by Gasteiger charge is -2.30. The molecule has 4 aromatic rings. The summed E-state index contributed by atoms with van der Waals surface area (Å²) in [5.41, 5.74) is 2.10. The SMILES string of the molecule is Cc1cc(OC(F)(F)F)ccc1N(C(=O)CN1C=CN(c2ccccc2)C(=O)/C(=C/c2n[nH]c3ccccc23)C1=O)C(C)C. The Morgan fingerprint density at radius 2 is 1.70 bits per heavy atom. The molecule has 0 bridgehead atoms. The average Bonchev–Trinajstić information content (AvgIpc) is 3.34. The molecule has 0 radical (unpaired) electrons. The van der Waals surface area contributed by atoms with Crippen molar-refractivity contribution in [2.45, 2.75) is 33.2 Å². The number of benzene rings is 3. The Labute approximate surface area is 250 Å². The molecule has 2 heterocycles. The Morgan fingerprint density at radius 1 is 1.00 bits per heavy atom. The molecule has 5 rings (SSSR count). The third-order valence-corrected chi connectivity index (χ3v) is 6.90. The zero-order chi connectivity index (χ0) is 31.6. The molecule has 0 unspecified atom stereocenters. The van der Waals surface area contributed by atoms with Gasteiger partial charge in [0.2, 0.25) is 5.91 Å². The van der Waals surface area contributed by atoms with Crippen LogP contribution in [0.25, 0.3) is 17.0 Å². The molecule has 0 saturated heterocycles. The number of H-pyrrole nitrogens is 1. The van der Waals surface area contributed by atoms with Gasteiger partial charge in [-0.15, -0.1) is 13.2 Å². The van der Waals surface area contributed by atoms with Crippen molar-refractivity contribution in [2.75, 3.05) is 16.3 Å². The molecule has 44 heavy (non-hydrogen) atoms. The Morgan fingerprint density at radius 3 is 2.39 bits per heavy atom. The first kappa shape index (κ1) is 30.1. The molecule has 12 heteroatoms. The van der Waals surface area contributed by atoms with Gasteiger partial charge in [-0.05, 0) is 68.8 Å². The first-order valence-corrected chi connectivity index (χ1v) is 13.6. The first-order chi connectivity index (χ1) is 20.9. The zero-order valence-electron chi connectivity index (χ0n) is 24.0. The number of nitrogens with one attached hydrogen (secondary N) is 1. The van der Waals surface area contributed by atoms with Crippen molar-refractivity contribution in [1.82, 2.24) is 15.1 Å². The number of fused-ring (bicyclic) bond motifs is 1. The first-order valence-electron chi connectivity index (χ1n) is 13.6. The van der Waals surface area contributed by atoms with Crippen LogP contribution in [0.15, 0.2) is 90.8 Å². The number of carbonyl (C=O) groups excluding carboxylic acids is 3. The van der Waals surface area contributed by atoms with Crippen molar-refractivity contribution in [2.24, 2.45) is 0 Å². The summed E-state index contributed by atoms with van der Waals surface area (Å²) in [6.45, 7) is 4.59. The van der Waals surface area contributed by atoms with Crippen LogP contribution < -0.4 is 14.5 Å². The van der Waals surface area contributed by atoms with Crippen LogP contribution in [0.5, 0.6) is 5.75 Å². The monoisotopic (exact) mass is 603 g/mol. The second-order valence-corrected chi connectivity index (χ2v) is 10.3. The van der Waals surface area contributed by atoms with E-state index < -0.39 is 42.4 Å². The van der Waals surface area contributed by atoms with E-state index in [0.717, 1.165) is 11.0 Å². The number of aryl methyl sites for hydroxylation is 1. The maximum absolute atomic E-state index is 13.9. The summed E-state index contributed by atoms with van der Waals surface area (Å²) in [7, 11) is 0. The number of rotatable bonds is 7. The minimum Gasteiger partial charge on any atom is -0.406 e. The molecule has 1 aliphatic heterocycles. The van der Waals surface area contributed by atoms with Crippen LogP contribution in [0.4, 0.5) is 24.5 Å². The number of nitrogens with zero attached hydrogens (tertiary/aromatic N) is 4. The standard InChI is InChI=1S/C32H28F3N5O4/c1-20(2)40(28-14-13-23(17-21(28)3)44-32(33,34)35)29(41)19-38-15-16-39(22-9-5-4-6-10-22)31(43)25(30(38)42)18-27-24-11-7-8-12-26(24)36-37-27/h4-18,20H,19H2,1-3H3,(H,36,37)/b25-18+. The Hall–Kier alpha value is -5.39. The van der Waals surface area contributed by atoms with Crippen LogP contribution in [0.2, 0.25) is 0 Å². The number of aromatic nitrogens is 2. The van der Waals surface area contributed by atoms with E-state index in [1.165, 1.54) is 40.4 Å². The summed E-state index contributed by atoms with van der Waals surface area (Å²) in [6.07, 6.45) is -0.687. The molecule has 1 aliphatic rings. The van der Waals surface area contributed by atoms with E-state index in [1.54, 1.807) is 57.2 Å². The number of carbonyl (C=O) groups is 3. The molecule has 3 aromatic carbocycles. The second kappa shape index (κ2) is 12.1. The molecular formula is C32H28F3N5O4. The highest BCUT2D eigenvalue weighted by atomic mass is 19.4. The predicted molar refractivity (Wildman–Crippen MR) is 159 cm³/mol. The highest BCUT2D eigenvalue weighted by molar-refractivity contribution is 6.28. The Kier molecular flexibility index (Phi) is 8.26. The van der Waals surface area contributed by atoms with Crippen molar-refractivity contribution in [1.29, 1.82) is 0 Å². The molecule has 0 saturated carbocycles. The van der Waals surface area contributed by atoms with Crippen LogP contribution in [0.1, 0.15) is 25.1 Å². The highest BCUT2D eigenvalue weighted by Gasteiger charge is 2.34. The summed E-state index contributed by atoms with van der Waals surface area (Å²) >= 11 is 0. The van der Waals surface area contributed by atoms with Gasteiger partial charge in [-0.1, -0.05) is 36.4 Å². The lowest BCUT2D eigenvalue weighted by Crippen LogP contribution is -2.45. The van der Waals surface area contributed by atoms with Gasteiger partial charge in [-0.3, -0.25) is 24.4 Å². The molecule has 1 N–H and O–H groups in total. The third-order valence-electron chi connectivity index (χ3n) is 6.90. The van der Waals surface area contributed by atoms with E-state index in [1.807, 2.05) is 18.2 Å². The van der Waals surface area contributed by atoms with Gasteiger partial charge in [0.05, 0.1) is 11.2 Å². The van der Waals surface area contributed by atoms with Crippen LogP contribution in [-0.2, 0) is 14.4 Å². The summed E-state index contributed by atoms with van der Waals surface area (Å²) in [5.74, 6) is -2.27. The van der Waals surface area contributed by atoms with Gasteiger partial charge in [0.15, 0.2) is 0 Å². The van der Waals surface area contributed by atoms with Crippen molar-refractivity contribution in [3.05, 3.63) is 102 Å². The van der Waals surface area contributed by atoms with E-state index in [4.69, 9.17) is 0 Å². The fraction of sp³-hybridized carbons (Fsp3) is 0.188. The number of anilines is 2. The third kappa shape index (κ3) is 6.33. The van der Waals surface area contributed by atoms with Gasteiger partial charge in [0, 0.05) is 35.2 Å². The van der Waals surface area contributed by atoms with Gasteiger partial charge in [-0.25, -0.2) is 0 Å². The van der Waals surface area contributed by atoms with Crippen LogP contribution in [0.3, 0.4) is 0 Å². The predicted octanol–water partition coefficient (Wildman–Crippen LogP) is 5.94. The fourth-order valence-electron chi connectivity index (χ4n) is 4.95. The van der Waals surface area contributed by atoms with E-state index in [-0.39, 0.29) is 5.57 Å². The molecule has 0 aliphatic carbocycles. The number of ether oxygens (including phenoxy) is 1. The van der Waals surface area contributed by atoms with E-state index in [2.05, 4.69) is 14.9 Å². The lowest BCUT2D eigenvalue weighted by atomic mass is 10.1. The van der Waals surface area contributed by atoms with Gasteiger partial charge in [-0.2, -0.15) is 5.10 Å². The summed E-state index contributed by atoms with van der Waals surface area (Å²) in [6, 6.07) is 19.2. The van der Waals surface area contributed by atoms with Gasteiger partial charge >= 0.3 is 6.36 Å². The summed E-state index contributed by atoms with van der Waals surface area (Å²) < 4.78 is 42.2. The van der Waals surface area contributed by atoms with Crippen molar-refractivity contribution in [3.8, 4) is 5.75 Å². The van der Waals surface area contributed by atoms with Crippen LogP contribution in [0, 0.1) is 6.92 Å². The second-order valence-electron chi connectivity index (χ2n) is 10.3. The van der Waals surface area contributed by atoms with Gasteiger partial charge < -0.3 is 14.5 Å². The molecule has 0 atom stereocenters. The zero-order valence-corrected chi connectivity index (χ0v) is 24.0. The Bertz CT molecular complexity index is 1780. The molecule has 226 valence electrons. The number of amides is 3. The Balaban J connectivity index is 1.51. The smallest absolute Gasteiger partial charge is 0.406 e. The summed E-state index contributed by atoms with van der Waals surface area (Å²) in [5, 5.41) is 7.87. The maximum Gasteiger partial charge on any atom is 0.573 e. The lowest BCUT2D eigenvalue weighted by molar-refractivity contribution is -0.274. The number of hydrogen-bond donors (Lipinski definition) is 1. The minimum absolute atomic E-state index is 0.218. The molecule has 1 aromatic heterocycles. The van der Waals surface area contributed by atoms with E-state index in [0.29, 0.717) is 33.5 Å². The fourth-order valence-corrected chi connectivity index (χ4v) is 4.95. The van der Waals surface area contributed by atoms with E-state index in [9.17, 15) is 27.6 Å². The minimum atomic E-state index is -4.86. The molecule has 9 nitrogen and oxygen atoms in total. The number of alkyl halides is 3. The molecule has 3 amide bonds. The van der Waals surface area contributed by atoms with Gasteiger partial charge in [0.1, 0.15) is 17.9 Å². The van der Waals surface area contributed by atoms with Crippen LogP contribution >= 0.6 is 0 Å². The van der Waals surface area contributed by atoms with E-state index >= 15 is 0 Å². The normalized spacial score (nSPS) is 14.9. The summed E-state index contributed by atoms with van der Waals surface area (Å²) in [4.78, 5) is 45.4. The largest absolute Gasteiger partial charge is 0.573 e. The van der Waals surface area contributed by atoms with Gasteiger partial charge in [0.25, 0.3) is 11.8 Å². The van der Waals surface area contributed by atoms with Crippen molar-refractivity contribution >= 4 is 46.1 Å². The average molecular weight is 604 g/mol. The number of hydrogen-bond acceptors (Lipinski definition) is 5. The number of halogens is 3. The van der Waals surface area contributed by atoms with Crippen molar-refractivity contribution < 1.29 is 32.3 Å². The van der Waals surface area contributed by atoms with Crippen LogP contribution in [-0.4, -0.2) is 51.8 Å². The number of aromatic amines is 1. The highest BCUT2D eigenvalue weighted by Crippen LogP contribution is 2.31. The quantitative estimate of drug-likeness (QED) is 0.208. The molecule has 0 fully saturated rings. The topological polar surface area (TPSA) is 98.8 Å². The molecular weight excluding hydrogens is 575 g/mol. The van der Waals surface area contributed by atoms with Crippen molar-refractivity contribution in [3.63, 3.8) is 0 Å². The molecule has 0 spiro atoms. The maximum atomic E-state index is 13.9.